The summed E-state index contributed by atoms with van der Waals surface area (Å²) in [6, 6.07) is 12.8. The Bertz CT molecular complexity index is 653. The number of nitrogens with one attached hydrogen (secondary N) is 1. The van der Waals surface area contributed by atoms with Gasteiger partial charge in [-0.3, -0.25) is 4.79 Å². The minimum Gasteiger partial charge on any atom is -0.489 e. The molecule has 0 atom stereocenters. The summed E-state index contributed by atoms with van der Waals surface area (Å²) >= 11 is 6.04. The van der Waals surface area contributed by atoms with Crippen molar-refractivity contribution in [2.45, 2.75) is 13.5 Å². The molecule has 0 fully saturated rings. The van der Waals surface area contributed by atoms with Gasteiger partial charge in [0.2, 0.25) is 5.78 Å². The number of rotatable bonds is 5. The molecule has 0 bridgehead atoms. The lowest BCUT2D eigenvalue weighted by atomic mass is 10.0. The molecule has 0 aliphatic heterocycles. The second-order valence-electron chi connectivity index (χ2n) is 4.34. The van der Waals surface area contributed by atoms with Crippen molar-refractivity contribution >= 4 is 23.6 Å². The highest BCUT2D eigenvalue weighted by atomic mass is 35.5. The molecule has 102 valence electrons. The van der Waals surface area contributed by atoms with E-state index < -0.39 is 5.78 Å². The fourth-order valence-corrected chi connectivity index (χ4v) is 2.20. The first-order chi connectivity index (χ1) is 9.63. The summed E-state index contributed by atoms with van der Waals surface area (Å²) in [7, 11) is 0. The van der Waals surface area contributed by atoms with E-state index in [0.29, 0.717) is 16.1 Å². The zero-order chi connectivity index (χ0) is 14.5. The first-order valence-corrected chi connectivity index (χ1v) is 6.52. The summed E-state index contributed by atoms with van der Waals surface area (Å²) in [4.78, 5) is 11.8. The molecular weight excluding hydrogens is 274 g/mol. The monoisotopic (exact) mass is 287 g/mol. The van der Waals surface area contributed by atoms with Gasteiger partial charge in [-0.15, -0.1) is 0 Å². The highest BCUT2D eigenvalue weighted by Gasteiger charge is 2.14. The Balaban J connectivity index is 2.26. The Morgan fingerprint density at radius 3 is 2.70 bits per heavy atom. The van der Waals surface area contributed by atoms with Crippen LogP contribution in [-0.2, 0) is 6.61 Å². The Morgan fingerprint density at radius 1 is 1.25 bits per heavy atom. The number of benzene rings is 2. The fraction of sp³-hybridized carbons (Fsp3) is 0.125. The molecule has 0 heterocycles. The van der Waals surface area contributed by atoms with E-state index >= 15 is 0 Å². The Kier molecular flexibility index (Phi) is 4.53. The maximum absolute atomic E-state index is 11.8. The fourth-order valence-electron chi connectivity index (χ4n) is 1.91. The van der Waals surface area contributed by atoms with Crippen molar-refractivity contribution < 1.29 is 9.53 Å². The van der Waals surface area contributed by atoms with Crippen LogP contribution < -0.4 is 4.74 Å². The second kappa shape index (κ2) is 6.35. The number of carbonyl (C=O) groups is 1. The number of ether oxygens (including phenoxy) is 1. The summed E-state index contributed by atoms with van der Waals surface area (Å²) in [6.45, 7) is 2.19. The number of carbonyl (C=O) groups excluding carboxylic acids is 1. The van der Waals surface area contributed by atoms with Gasteiger partial charge in [0.05, 0.1) is 11.2 Å². The van der Waals surface area contributed by atoms with Crippen LogP contribution in [0.2, 0.25) is 5.02 Å². The van der Waals surface area contributed by atoms with Crippen molar-refractivity contribution in [1.82, 2.24) is 0 Å². The van der Waals surface area contributed by atoms with Crippen LogP contribution in [0.15, 0.2) is 42.5 Å². The Morgan fingerprint density at radius 2 is 2.00 bits per heavy atom. The van der Waals surface area contributed by atoms with Crippen molar-refractivity contribution in [1.29, 1.82) is 5.41 Å². The van der Waals surface area contributed by atoms with Gasteiger partial charge in [0.15, 0.2) is 0 Å². The zero-order valence-corrected chi connectivity index (χ0v) is 11.8. The van der Waals surface area contributed by atoms with Crippen LogP contribution in [0.5, 0.6) is 5.75 Å². The SMILES string of the molecule is Cc1ccccc1OCc1cccc(Cl)c1C(=O)C=N. The van der Waals surface area contributed by atoms with E-state index in [9.17, 15) is 4.79 Å². The summed E-state index contributed by atoms with van der Waals surface area (Å²) in [6.07, 6.45) is 0.762. The predicted octanol–water partition coefficient (Wildman–Crippen LogP) is 4.06. The number of halogens is 1. The molecule has 0 aromatic heterocycles. The topological polar surface area (TPSA) is 50.2 Å². The van der Waals surface area contributed by atoms with Crippen LogP contribution in [0.1, 0.15) is 21.5 Å². The summed E-state index contributed by atoms with van der Waals surface area (Å²) in [5.41, 5.74) is 2.03. The van der Waals surface area contributed by atoms with Crippen molar-refractivity contribution in [2.75, 3.05) is 0 Å². The molecule has 0 unspecified atom stereocenters. The molecule has 1 N–H and O–H groups in total. The van der Waals surface area contributed by atoms with Crippen molar-refractivity contribution in [3.63, 3.8) is 0 Å². The van der Waals surface area contributed by atoms with E-state index in [1.165, 1.54) is 0 Å². The molecule has 0 aliphatic rings. The maximum atomic E-state index is 11.8. The van der Waals surface area contributed by atoms with E-state index in [1.54, 1.807) is 18.2 Å². The molecule has 2 aromatic carbocycles. The van der Waals surface area contributed by atoms with Crippen molar-refractivity contribution in [2.24, 2.45) is 0 Å². The van der Waals surface area contributed by atoms with Gasteiger partial charge in [-0.2, -0.15) is 0 Å². The van der Waals surface area contributed by atoms with Gasteiger partial charge in [0, 0.05) is 11.1 Å². The third kappa shape index (κ3) is 3.06. The quantitative estimate of drug-likeness (QED) is 0.666. The third-order valence-electron chi connectivity index (χ3n) is 2.95. The third-order valence-corrected chi connectivity index (χ3v) is 3.27. The molecule has 0 saturated carbocycles. The second-order valence-corrected chi connectivity index (χ2v) is 4.74. The average molecular weight is 288 g/mol. The van der Waals surface area contributed by atoms with E-state index in [-0.39, 0.29) is 6.61 Å². The highest BCUT2D eigenvalue weighted by molar-refractivity contribution is 6.42. The molecule has 2 aromatic rings. The normalized spacial score (nSPS) is 10.1. The first kappa shape index (κ1) is 14.3. The van der Waals surface area contributed by atoms with Crippen LogP contribution in [0.3, 0.4) is 0 Å². The predicted molar refractivity (Wildman–Crippen MR) is 80.1 cm³/mol. The number of ketones is 1. The summed E-state index contributed by atoms with van der Waals surface area (Å²) < 4.78 is 5.73. The van der Waals surface area contributed by atoms with E-state index in [1.807, 2.05) is 31.2 Å². The number of hydrogen-bond donors (Lipinski definition) is 1. The van der Waals surface area contributed by atoms with Gasteiger partial charge < -0.3 is 10.1 Å². The van der Waals surface area contributed by atoms with Gasteiger partial charge in [0.1, 0.15) is 12.4 Å². The molecule has 0 saturated heterocycles. The van der Waals surface area contributed by atoms with E-state index in [4.69, 9.17) is 21.7 Å². The Labute approximate surface area is 122 Å². The summed E-state index contributed by atoms with van der Waals surface area (Å²) in [5, 5.41) is 7.43. The summed E-state index contributed by atoms with van der Waals surface area (Å²) in [5.74, 6) is 0.347. The molecule has 3 nitrogen and oxygen atoms in total. The highest BCUT2D eigenvalue weighted by Crippen LogP contribution is 2.23. The maximum Gasteiger partial charge on any atom is 0.205 e. The number of aryl methyl sites for hydroxylation is 1. The van der Waals surface area contributed by atoms with Crippen molar-refractivity contribution in [3.8, 4) is 5.75 Å². The van der Waals surface area contributed by atoms with Crippen LogP contribution >= 0.6 is 11.6 Å². The smallest absolute Gasteiger partial charge is 0.205 e. The largest absolute Gasteiger partial charge is 0.489 e. The Hall–Kier alpha value is -2.13. The minimum atomic E-state index is -0.418. The molecule has 0 spiro atoms. The lowest BCUT2D eigenvalue weighted by molar-refractivity contribution is 0.106. The lowest BCUT2D eigenvalue weighted by Gasteiger charge is -2.12. The van der Waals surface area contributed by atoms with E-state index in [2.05, 4.69) is 0 Å². The van der Waals surface area contributed by atoms with Gasteiger partial charge in [-0.05, 0) is 24.6 Å². The molecule has 0 aliphatic carbocycles. The number of para-hydroxylation sites is 1. The van der Waals surface area contributed by atoms with E-state index in [0.717, 1.165) is 17.5 Å². The zero-order valence-electron chi connectivity index (χ0n) is 11.0. The van der Waals surface area contributed by atoms with Crippen LogP contribution in [0.4, 0.5) is 0 Å². The average Bonchev–Trinajstić information content (AvgIpc) is 2.46. The van der Waals surface area contributed by atoms with Crippen LogP contribution in [0, 0.1) is 12.3 Å². The van der Waals surface area contributed by atoms with Gasteiger partial charge in [-0.25, -0.2) is 0 Å². The number of Topliss-reactive ketones (excluding diaryl/α,β-unsaturated/α-hetero) is 1. The molecule has 2 rings (SSSR count). The van der Waals surface area contributed by atoms with Gasteiger partial charge in [-0.1, -0.05) is 41.9 Å². The minimum absolute atomic E-state index is 0.236. The molecular formula is C16H14ClNO2. The molecule has 20 heavy (non-hydrogen) atoms. The lowest BCUT2D eigenvalue weighted by Crippen LogP contribution is -2.08. The molecule has 4 heteroatoms. The first-order valence-electron chi connectivity index (χ1n) is 6.14. The molecule has 0 radical (unpaired) electrons. The van der Waals surface area contributed by atoms with Crippen molar-refractivity contribution in [3.05, 3.63) is 64.2 Å². The molecule has 0 amide bonds. The van der Waals surface area contributed by atoms with Crippen LogP contribution in [-0.4, -0.2) is 12.0 Å². The van der Waals surface area contributed by atoms with Gasteiger partial charge in [0.25, 0.3) is 0 Å². The van der Waals surface area contributed by atoms with Gasteiger partial charge >= 0.3 is 0 Å². The van der Waals surface area contributed by atoms with Crippen LogP contribution in [0.25, 0.3) is 0 Å². The number of hydrogen-bond acceptors (Lipinski definition) is 3. The standard InChI is InChI=1S/C16H14ClNO2/c1-11-5-2-3-8-15(11)20-10-12-6-4-7-13(17)16(12)14(19)9-18/h2-9,18H,10H2,1H3.